The van der Waals surface area contributed by atoms with Gasteiger partial charge in [-0.05, 0) is 24.1 Å². The Morgan fingerprint density at radius 1 is 1.19 bits per heavy atom. The van der Waals surface area contributed by atoms with Gasteiger partial charge in [0.15, 0.2) is 11.6 Å². The smallest absolute Gasteiger partial charge is 0.321 e. The molecule has 0 radical (unpaired) electrons. The molecular weight excluding hydrogens is 339 g/mol. The van der Waals surface area contributed by atoms with Crippen LogP contribution in [0.4, 0.5) is 9.18 Å². The molecule has 0 saturated carbocycles. The van der Waals surface area contributed by atoms with Gasteiger partial charge in [-0.25, -0.2) is 9.18 Å². The highest BCUT2D eigenvalue weighted by Crippen LogP contribution is 2.19. The Labute approximate surface area is 153 Å². The zero-order valence-electron chi connectivity index (χ0n) is 15.4. The molecule has 2 rings (SSSR count). The topological polar surface area (TPSA) is 73.9 Å². The quantitative estimate of drug-likeness (QED) is 0.758. The van der Waals surface area contributed by atoms with Crippen LogP contribution in [0.1, 0.15) is 18.9 Å². The number of piperazine rings is 1. The van der Waals surface area contributed by atoms with E-state index in [2.05, 4.69) is 15.5 Å². The molecule has 0 unspecified atom stereocenters. The first-order valence-corrected chi connectivity index (χ1v) is 8.86. The van der Waals surface area contributed by atoms with Crippen LogP contribution in [0.5, 0.6) is 5.75 Å². The van der Waals surface area contributed by atoms with Crippen molar-refractivity contribution in [3.05, 3.63) is 29.6 Å². The fraction of sp³-hybridized carbons (Fsp3) is 0.556. The number of hydrogen-bond acceptors (Lipinski definition) is 5. The highest BCUT2D eigenvalue weighted by atomic mass is 19.1. The van der Waals surface area contributed by atoms with E-state index in [1.807, 2.05) is 17.9 Å². The molecule has 8 heteroatoms. The van der Waals surface area contributed by atoms with E-state index in [-0.39, 0.29) is 24.0 Å². The first-order valence-electron chi connectivity index (χ1n) is 8.86. The van der Waals surface area contributed by atoms with Gasteiger partial charge in [0.2, 0.25) is 5.91 Å². The van der Waals surface area contributed by atoms with E-state index < -0.39 is 6.03 Å². The van der Waals surface area contributed by atoms with Gasteiger partial charge in [-0.1, -0.05) is 13.0 Å². The van der Waals surface area contributed by atoms with Crippen molar-refractivity contribution < 1.29 is 18.7 Å². The third kappa shape index (κ3) is 6.27. The first-order chi connectivity index (χ1) is 12.5. The Kier molecular flexibility index (Phi) is 7.80. The molecule has 2 N–H and O–H groups in total. The van der Waals surface area contributed by atoms with Crippen LogP contribution in [-0.2, 0) is 11.3 Å². The number of halogens is 1. The number of benzene rings is 1. The summed E-state index contributed by atoms with van der Waals surface area (Å²) in [5.41, 5.74) is 0.891. The van der Waals surface area contributed by atoms with Gasteiger partial charge in [-0.15, -0.1) is 0 Å². The van der Waals surface area contributed by atoms with Crippen molar-refractivity contribution in [2.75, 3.05) is 46.4 Å². The minimum Gasteiger partial charge on any atom is -0.494 e. The van der Waals surface area contributed by atoms with Gasteiger partial charge in [0, 0.05) is 39.3 Å². The maximum absolute atomic E-state index is 13.8. The molecule has 7 nitrogen and oxygen atoms in total. The summed E-state index contributed by atoms with van der Waals surface area (Å²) in [5, 5.41) is 4.94. The molecule has 26 heavy (non-hydrogen) atoms. The minimum absolute atomic E-state index is 0.199. The van der Waals surface area contributed by atoms with Crippen LogP contribution in [0.2, 0.25) is 0 Å². The van der Waals surface area contributed by atoms with Gasteiger partial charge in [0.1, 0.15) is 0 Å². The molecule has 0 bridgehead atoms. The number of amides is 3. The lowest BCUT2D eigenvalue weighted by Crippen LogP contribution is -2.50. The largest absolute Gasteiger partial charge is 0.494 e. The SMILES string of the molecule is CCCNC(=O)NC(=O)CN1CCN(Cc2ccc(OC)c(F)c2)CC1. The minimum atomic E-state index is -0.447. The standard InChI is InChI=1S/C18H27FN4O3/c1-3-6-20-18(25)21-17(24)13-23-9-7-22(8-10-23)12-14-4-5-16(26-2)15(19)11-14/h4-5,11H,3,6-10,12-13H2,1-2H3,(H2,20,21,24,25). The molecule has 3 amide bonds. The molecule has 144 valence electrons. The van der Waals surface area contributed by atoms with Gasteiger partial charge in [-0.2, -0.15) is 0 Å². The van der Waals surface area contributed by atoms with E-state index in [4.69, 9.17) is 4.74 Å². The van der Waals surface area contributed by atoms with Gasteiger partial charge < -0.3 is 10.1 Å². The van der Waals surface area contributed by atoms with Crippen LogP contribution in [-0.4, -0.2) is 68.1 Å². The number of carbonyl (C=O) groups excluding carboxylic acids is 2. The van der Waals surface area contributed by atoms with Gasteiger partial charge in [-0.3, -0.25) is 19.9 Å². The predicted octanol–water partition coefficient (Wildman–Crippen LogP) is 1.19. The summed E-state index contributed by atoms with van der Waals surface area (Å²) in [7, 11) is 1.45. The van der Waals surface area contributed by atoms with E-state index in [0.717, 1.165) is 38.2 Å². The summed E-state index contributed by atoms with van der Waals surface area (Å²) >= 11 is 0. The lowest BCUT2D eigenvalue weighted by Gasteiger charge is -2.34. The predicted molar refractivity (Wildman–Crippen MR) is 96.5 cm³/mol. The van der Waals surface area contributed by atoms with Crippen molar-refractivity contribution in [1.29, 1.82) is 0 Å². The van der Waals surface area contributed by atoms with Crippen molar-refractivity contribution in [1.82, 2.24) is 20.4 Å². The normalized spacial score (nSPS) is 15.5. The second-order valence-electron chi connectivity index (χ2n) is 6.33. The van der Waals surface area contributed by atoms with Gasteiger partial charge in [0.05, 0.1) is 13.7 Å². The molecule has 0 aromatic heterocycles. The van der Waals surface area contributed by atoms with Crippen molar-refractivity contribution >= 4 is 11.9 Å². The number of nitrogens with zero attached hydrogens (tertiary/aromatic N) is 2. The van der Waals surface area contributed by atoms with Crippen LogP contribution in [0.15, 0.2) is 18.2 Å². The van der Waals surface area contributed by atoms with E-state index in [1.54, 1.807) is 6.07 Å². The Bertz CT molecular complexity index is 618. The van der Waals surface area contributed by atoms with Crippen molar-refractivity contribution in [2.24, 2.45) is 0 Å². The summed E-state index contributed by atoms with van der Waals surface area (Å²) in [4.78, 5) is 27.6. The Balaban J connectivity index is 1.72. The van der Waals surface area contributed by atoms with Crippen molar-refractivity contribution in [3.8, 4) is 5.75 Å². The monoisotopic (exact) mass is 366 g/mol. The Morgan fingerprint density at radius 3 is 2.50 bits per heavy atom. The number of urea groups is 1. The summed E-state index contributed by atoms with van der Waals surface area (Å²) in [6, 6.07) is 4.54. The zero-order chi connectivity index (χ0) is 18.9. The Morgan fingerprint density at radius 2 is 1.88 bits per heavy atom. The number of hydrogen-bond donors (Lipinski definition) is 2. The number of methoxy groups -OCH3 is 1. The van der Waals surface area contributed by atoms with Crippen LogP contribution in [0.3, 0.4) is 0 Å². The molecular formula is C18H27FN4O3. The van der Waals surface area contributed by atoms with E-state index in [1.165, 1.54) is 13.2 Å². The molecule has 0 aliphatic carbocycles. The van der Waals surface area contributed by atoms with E-state index in [9.17, 15) is 14.0 Å². The average Bonchev–Trinajstić information content (AvgIpc) is 2.61. The Hall–Kier alpha value is -2.19. The first kappa shape index (κ1) is 20.1. The summed E-state index contributed by atoms with van der Waals surface area (Å²) in [5.74, 6) is -0.418. The fourth-order valence-corrected chi connectivity index (χ4v) is 2.82. The van der Waals surface area contributed by atoms with Crippen LogP contribution in [0, 0.1) is 5.82 Å². The molecule has 1 aromatic rings. The third-order valence-electron chi connectivity index (χ3n) is 4.24. The second kappa shape index (κ2) is 10.1. The van der Waals surface area contributed by atoms with E-state index >= 15 is 0 Å². The van der Waals surface area contributed by atoms with Gasteiger partial charge in [0.25, 0.3) is 0 Å². The second-order valence-corrected chi connectivity index (χ2v) is 6.33. The lowest BCUT2D eigenvalue weighted by atomic mass is 10.2. The van der Waals surface area contributed by atoms with Crippen LogP contribution >= 0.6 is 0 Å². The van der Waals surface area contributed by atoms with Crippen molar-refractivity contribution in [3.63, 3.8) is 0 Å². The maximum Gasteiger partial charge on any atom is 0.321 e. The summed E-state index contributed by atoms with van der Waals surface area (Å²) in [6.07, 6.45) is 0.821. The number of rotatable bonds is 7. The maximum atomic E-state index is 13.8. The molecule has 1 fully saturated rings. The highest BCUT2D eigenvalue weighted by molar-refractivity contribution is 5.95. The molecule has 1 aliphatic heterocycles. The van der Waals surface area contributed by atoms with E-state index in [0.29, 0.717) is 13.1 Å². The average molecular weight is 366 g/mol. The number of imide groups is 1. The van der Waals surface area contributed by atoms with Crippen LogP contribution < -0.4 is 15.4 Å². The third-order valence-corrected chi connectivity index (χ3v) is 4.24. The number of nitrogens with one attached hydrogen (secondary N) is 2. The number of ether oxygens (including phenoxy) is 1. The van der Waals surface area contributed by atoms with Crippen molar-refractivity contribution in [2.45, 2.75) is 19.9 Å². The number of carbonyl (C=O) groups is 2. The lowest BCUT2D eigenvalue weighted by molar-refractivity contribution is -0.121. The molecule has 1 aliphatic rings. The summed E-state index contributed by atoms with van der Waals surface area (Å²) in [6.45, 7) is 6.35. The van der Waals surface area contributed by atoms with Gasteiger partial charge >= 0.3 is 6.03 Å². The zero-order valence-corrected chi connectivity index (χ0v) is 15.4. The molecule has 0 spiro atoms. The molecule has 1 aromatic carbocycles. The highest BCUT2D eigenvalue weighted by Gasteiger charge is 2.20. The van der Waals surface area contributed by atoms with Crippen LogP contribution in [0.25, 0.3) is 0 Å². The molecule has 1 heterocycles. The summed E-state index contributed by atoms with van der Waals surface area (Å²) < 4.78 is 18.7. The molecule has 1 saturated heterocycles. The fourth-order valence-electron chi connectivity index (χ4n) is 2.82. The molecule has 0 atom stereocenters.